The van der Waals surface area contributed by atoms with Crippen LogP contribution in [0.25, 0.3) is 11.1 Å². The minimum Gasteiger partial charge on any atom is -0.0876 e. The Hall–Kier alpha value is -1.02. The Bertz CT molecular complexity index is 616. The zero-order valence-corrected chi connectivity index (χ0v) is 14.8. The summed E-state index contributed by atoms with van der Waals surface area (Å²) in [4.78, 5) is 0. The number of hydrogen-bond donors (Lipinski definition) is 0. The third-order valence-electron chi connectivity index (χ3n) is 5.26. The van der Waals surface area contributed by atoms with Gasteiger partial charge in [0, 0.05) is 10.7 Å². The topological polar surface area (TPSA) is 0 Å². The van der Waals surface area contributed by atoms with Crippen molar-refractivity contribution in [2.45, 2.75) is 43.8 Å². The third kappa shape index (κ3) is 2.11. The zero-order valence-electron chi connectivity index (χ0n) is 13.2. The fraction of sp³-hybridized carbons (Fsp3) is 0.368. The predicted molar refractivity (Wildman–Crippen MR) is 98.1 cm³/mol. The number of halogens is 1. The van der Waals surface area contributed by atoms with Crippen LogP contribution in [0.3, 0.4) is 0 Å². The molecule has 0 saturated carbocycles. The van der Waals surface area contributed by atoms with Gasteiger partial charge >= 0.3 is 0 Å². The van der Waals surface area contributed by atoms with Crippen molar-refractivity contribution in [1.82, 2.24) is 0 Å². The van der Waals surface area contributed by atoms with Gasteiger partial charge in [-0.05, 0) is 40.7 Å². The van der Waals surface area contributed by atoms with E-state index in [0.717, 1.165) is 11.7 Å². The number of hydrogen-bond acceptors (Lipinski definition) is 0. The van der Waals surface area contributed by atoms with Crippen LogP contribution in [0.15, 0.2) is 36.4 Å². The highest BCUT2D eigenvalue weighted by Gasteiger charge is 2.40. The molecule has 2 aromatic carbocycles. The average molecular weight is 341 g/mol. The SMILES string of the molecule is BCc1ccc2c(c1)C(CC)(CC)c1cc(CBr)ccc1-2. The van der Waals surface area contributed by atoms with Gasteiger partial charge in [-0.15, -0.1) is 0 Å². The molecule has 2 aromatic rings. The predicted octanol–water partition coefficient (Wildman–Crippen LogP) is 4.80. The average Bonchev–Trinajstić information content (AvgIpc) is 2.83. The van der Waals surface area contributed by atoms with Gasteiger partial charge in [0.15, 0.2) is 0 Å². The molecule has 0 radical (unpaired) electrons. The van der Waals surface area contributed by atoms with E-state index in [9.17, 15) is 0 Å². The summed E-state index contributed by atoms with van der Waals surface area (Å²) in [5, 5.41) is 0.931. The van der Waals surface area contributed by atoms with E-state index in [1.807, 2.05) is 0 Å². The van der Waals surface area contributed by atoms with Crippen LogP contribution in [-0.4, -0.2) is 7.85 Å². The number of alkyl halides is 1. The van der Waals surface area contributed by atoms with Gasteiger partial charge in [-0.3, -0.25) is 0 Å². The first-order chi connectivity index (χ1) is 10.2. The lowest BCUT2D eigenvalue weighted by Gasteiger charge is -2.30. The van der Waals surface area contributed by atoms with E-state index in [1.54, 1.807) is 5.56 Å². The van der Waals surface area contributed by atoms with Crippen molar-refractivity contribution in [2.24, 2.45) is 0 Å². The first-order valence-corrected chi connectivity index (χ1v) is 9.15. The molecule has 0 aliphatic heterocycles. The molecule has 0 spiro atoms. The van der Waals surface area contributed by atoms with Crippen molar-refractivity contribution in [1.29, 1.82) is 0 Å². The summed E-state index contributed by atoms with van der Waals surface area (Å²) >= 11 is 3.61. The van der Waals surface area contributed by atoms with Crippen LogP contribution in [0.5, 0.6) is 0 Å². The van der Waals surface area contributed by atoms with Gasteiger partial charge in [-0.25, -0.2) is 0 Å². The van der Waals surface area contributed by atoms with Gasteiger partial charge in [0.2, 0.25) is 0 Å². The van der Waals surface area contributed by atoms with E-state index in [1.165, 1.54) is 40.7 Å². The van der Waals surface area contributed by atoms with Crippen molar-refractivity contribution in [3.63, 3.8) is 0 Å². The molecular weight excluding hydrogens is 319 g/mol. The Balaban J connectivity index is 2.30. The lowest BCUT2D eigenvalue weighted by Crippen LogP contribution is -2.23. The molecular formula is C19H22BBr. The quantitative estimate of drug-likeness (QED) is 0.554. The lowest BCUT2D eigenvalue weighted by molar-refractivity contribution is 0.490. The van der Waals surface area contributed by atoms with Gasteiger partial charge < -0.3 is 0 Å². The molecule has 0 saturated heterocycles. The second-order valence-corrected chi connectivity index (χ2v) is 6.60. The molecule has 0 fully saturated rings. The van der Waals surface area contributed by atoms with Gasteiger partial charge in [0.05, 0.1) is 0 Å². The van der Waals surface area contributed by atoms with Crippen LogP contribution in [0.4, 0.5) is 0 Å². The van der Waals surface area contributed by atoms with E-state index in [4.69, 9.17) is 0 Å². The van der Waals surface area contributed by atoms with Crippen LogP contribution in [0.2, 0.25) is 0 Å². The minimum atomic E-state index is 0.202. The minimum absolute atomic E-state index is 0.202. The van der Waals surface area contributed by atoms with E-state index in [2.05, 4.69) is 74.0 Å². The molecule has 2 heteroatoms. The molecule has 0 nitrogen and oxygen atoms in total. The number of benzene rings is 2. The maximum absolute atomic E-state index is 3.61. The maximum Gasteiger partial charge on any atom is 0.107 e. The summed E-state index contributed by atoms with van der Waals surface area (Å²) in [6, 6.07) is 14.1. The van der Waals surface area contributed by atoms with E-state index >= 15 is 0 Å². The summed E-state index contributed by atoms with van der Waals surface area (Å²) in [5.74, 6) is 0. The third-order valence-corrected chi connectivity index (χ3v) is 5.91. The van der Waals surface area contributed by atoms with Crippen LogP contribution < -0.4 is 0 Å². The summed E-state index contributed by atoms with van der Waals surface area (Å²) in [5.41, 5.74) is 9.01. The van der Waals surface area contributed by atoms with E-state index in [0.29, 0.717) is 0 Å². The lowest BCUT2D eigenvalue weighted by atomic mass is 9.73. The van der Waals surface area contributed by atoms with E-state index in [-0.39, 0.29) is 5.41 Å². The Morgan fingerprint density at radius 3 is 1.90 bits per heavy atom. The second-order valence-electron chi connectivity index (χ2n) is 6.04. The molecule has 0 bridgehead atoms. The molecule has 21 heavy (non-hydrogen) atoms. The molecule has 108 valence electrons. The van der Waals surface area contributed by atoms with Crippen molar-refractivity contribution in [3.8, 4) is 11.1 Å². The van der Waals surface area contributed by atoms with Crippen molar-refractivity contribution in [3.05, 3.63) is 58.7 Å². The monoisotopic (exact) mass is 340 g/mol. The molecule has 0 unspecified atom stereocenters. The van der Waals surface area contributed by atoms with Crippen molar-refractivity contribution >= 4 is 23.8 Å². The molecule has 0 heterocycles. The molecule has 0 atom stereocenters. The van der Waals surface area contributed by atoms with Gasteiger partial charge in [-0.2, -0.15) is 0 Å². The molecule has 3 rings (SSSR count). The molecule has 0 amide bonds. The fourth-order valence-electron chi connectivity index (χ4n) is 3.90. The fourth-order valence-corrected chi connectivity index (χ4v) is 4.25. The van der Waals surface area contributed by atoms with Crippen LogP contribution >= 0.6 is 15.9 Å². The highest BCUT2D eigenvalue weighted by atomic mass is 79.9. The summed E-state index contributed by atoms with van der Waals surface area (Å²) in [6.45, 7) is 4.67. The van der Waals surface area contributed by atoms with Gasteiger partial charge in [0.25, 0.3) is 0 Å². The zero-order chi connectivity index (χ0) is 15.0. The highest BCUT2D eigenvalue weighted by molar-refractivity contribution is 9.08. The first-order valence-electron chi connectivity index (χ1n) is 8.03. The smallest absolute Gasteiger partial charge is 0.0876 e. The number of rotatable bonds is 4. The highest BCUT2D eigenvalue weighted by Crippen LogP contribution is 2.53. The standard InChI is InChI=1S/C19H22BBr/c1-3-19(4-2)17-9-13(11-20)5-7-15(17)16-8-6-14(12-21)10-18(16)19/h5-10H,3-4,11-12,20H2,1-2H3. The Labute approximate surface area is 137 Å². The largest absolute Gasteiger partial charge is 0.107 e. The second kappa shape index (κ2) is 5.64. The molecule has 0 aromatic heterocycles. The Kier molecular flexibility index (Phi) is 4.01. The Morgan fingerprint density at radius 1 is 0.905 bits per heavy atom. The Morgan fingerprint density at radius 2 is 1.43 bits per heavy atom. The summed E-state index contributed by atoms with van der Waals surface area (Å²) in [7, 11) is 2.24. The molecule has 1 aliphatic carbocycles. The summed E-state index contributed by atoms with van der Waals surface area (Å²) < 4.78 is 0. The maximum atomic E-state index is 3.61. The van der Waals surface area contributed by atoms with Crippen LogP contribution in [0.1, 0.15) is 48.9 Å². The van der Waals surface area contributed by atoms with Gasteiger partial charge in [0.1, 0.15) is 7.85 Å². The van der Waals surface area contributed by atoms with Crippen LogP contribution in [0, 0.1) is 0 Å². The first kappa shape index (κ1) is 14.9. The number of fused-ring (bicyclic) bond motifs is 3. The summed E-state index contributed by atoms with van der Waals surface area (Å²) in [6.07, 6.45) is 3.45. The molecule has 1 aliphatic rings. The van der Waals surface area contributed by atoms with Crippen molar-refractivity contribution < 1.29 is 0 Å². The van der Waals surface area contributed by atoms with Crippen LogP contribution in [-0.2, 0) is 17.1 Å². The van der Waals surface area contributed by atoms with Crippen molar-refractivity contribution in [2.75, 3.05) is 0 Å². The van der Waals surface area contributed by atoms with Gasteiger partial charge in [-0.1, -0.05) is 78.1 Å². The van der Waals surface area contributed by atoms with E-state index < -0.39 is 0 Å². The molecule has 0 N–H and O–H groups in total. The normalized spacial score (nSPS) is 14.8.